The molecule has 1 aliphatic heterocycles. The summed E-state index contributed by atoms with van der Waals surface area (Å²) in [5.74, 6) is -1.62. The van der Waals surface area contributed by atoms with Gasteiger partial charge in [0.25, 0.3) is 11.8 Å². The zero-order chi connectivity index (χ0) is 28.0. The highest BCUT2D eigenvalue weighted by molar-refractivity contribution is 6.38. The fourth-order valence-electron chi connectivity index (χ4n) is 6.98. The van der Waals surface area contributed by atoms with E-state index in [-0.39, 0.29) is 41.9 Å². The second kappa shape index (κ2) is 10.7. The lowest BCUT2D eigenvalue weighted by molar-refractivity contribution is -0.141. The van der Waals surface area contributed by atoms with Crippen LogP contribution in [0, 0.1) is 17.8 Å². The minimum atomic E-state index is -1.10. The molecule has 1 aromatic heterocycles. The number of nitrogens with zero attached hydrogens (tertiary/aromatic N) is 1. The van der Waals surface area contributed by atoms with E-state index >= 15 is 0 Å². The highest BCUT2D eigenvalue weighted by Crippen LogP contribution is 2.43. The third-order valence-electron chi connectivity index (χ3n) is 9.22. The van der Waals surface area contributed by atoms with Crippen molar-refractivity contribution in [3.63, 3.8) is 0 Å². The van der Waals surface area contributed by atoms with E-state index in [4.69, 9.17) is 4.74 Å². The predicted octanol–water partition coefficient (Wildman–Crippen LogP) is 2.51. The monoisotopic (exact) mass is 548 g/mol. The standard InChI is InChI=1S/C30H36N4O6/c1-40-25-10-4-8-21-20(25)14-23(32-21)30(39)34-15-17-6-2-7-19(17)26(34)28(37)33-22(13-16-5-3-9-24(16)35)27(36)29(38)31-18-11-12-18/h4,8,10,14,16-19,22,26,32H,2-3,5-7,9,11-13,15H2,1H3,(H,31,38)(H,33,37). The van der Waals surface area contributed by atoms with Gasteiger partial charge in [-0.05, 0) is 75.0 Å². The lowest BCUT2D eigenvalue weighted by Gasteiger charge is -2.29. The maximum absolute atomic E-state index is 13.9. The minimum Gasteiger partial charge on any atom is -0.496 e. The number of benzene rings is 1. The maximum Gasteiger partial charge on any atom is 0.289 e. The maximum atomic E-state index is 13.9. The van der Waals surface area contributed by atoms with Crippen LogP contribution in [0.4, 0.5) is 0 Å². The number of aromatic amines is 1. The van der Waals surface area contributed by atoms with E-state index in [9.17, 15) is 24.0 Å². The molecule has 40 heavy (non-hydrogen) atoms. The van der Waals surface area contributed by atoms with Crippen LogP contribution in [0.1, 0.15) is 68.3 Å². The number of amides is 3. The number of H-pyrrole nitrogens is 1. The highest BCUT2D eigenvalue weighted by Gasteiger charge is 2.50. The van der Waals surface area contributed by atoms with Crippen molar-refractivity contribution < 1.29 is 28.7 Å². The molecule has 1 saturated heterocycles. The lowest BCUT2D eigenvalue weighted by atomic mass is 9.91. The number of ether oxygens (including phenoxy) is 1. The molecule has 6 rings (SSSR count). The smallest absolute Gasteiger partial charge is 0.289 e. The Hall–Kier alpha value is -3.69. The predicted molar refractivity (Wildman–Crippen MR) is 146 cm³/mol. The second-order valence-corrected chi connectivity index (χ2v) is 11.8. The Kier molecular flexibility index (Phi) is 7.10. The molecule has 1 aromatic carbocycles. The van der Waals surface area contributed by atoms with Gasteiger partial charge in [0.15, 0.2) is 0 Å². The summed E-state index contributed by atoms with van der Waals surface area (Å²) < 4.78 is 5.44. The fraction of sp³-hybridized carbons (Fsp3) is 0.567. The normalized spacial score (nSPS) is 26.5. The van der Waals surface area contributed by atoms with Gasteiger partial charge < -0.3 is 25.3 Å². The molecule has 2 heterocycles. The van der Waals surface area contributed by atoms with Crippen molar-refractivity contribution in [2.45, 2.75) is 75.9 Å². The first kappa shape index (κ1) is 26.5. The summed E-state index contributed by atoms with van der Waals surface area (Å²) in [5, 5.41) is 6.35. The van der Waals surface area contributed by atoms with Gasteiger partial charge in [0, 0.05) is 35.8 Å². The molecule has 3 N–H and O–H groups in total. The van der Waals surface area contributed by atoms with Crippen molar-refractivity contribution in [2.75, 3.05) is 13.7 Å². The van der Waals surface area contributed by atoms with Gasteiger partial charge in [0.1, 0.15) is 23.3 Å². The summed E-state index contributed by atoms with van der Waals surface area (Å²) in [4.78, 5) is 70.9. The zero-order valence-electron chi connectivity index (χ0n) is 22.7. The van der Waals surface area contributed by atoms with Crippen LogP contribution in [0.25, 0.3) is 10.9 Å². The number of hydrogen-bond acceptors (Lipinski definition) is 6. The molecule has 0 spiro atoms. The van der Waals surface area contributed by atoms with Crippen LogP contribution in [-0.4, -0.2) is 71.0 Å². The number of carbonyl (C=O) groups excluding carboxylic acids is 5. The highest BCUT2D eigenvalue weighted by atomic mass is 16.5. The number of fused-ring (bicyclic) bond motifs is 2. The van der Waals surface area contributed by atoms with Crippen molar-refractivity contribution in [3.8, 4) is 5.75 Å². The third-order valence-corrected chi connectivity index (χ3v) is 9.22. The summed E-state index contributed by atoms with van der Waals surface area (Å²) in [6, 6.07) is 5.42. The molecule has 5 atom stereocenters. The van der Waals surface area contributed by atoms with E-state index in [0.29, 0.717) is 30.8 Å². The largest absolute Gasteiger partial charge is 0.496 e. The van der Waals surface area contributed by atoms with Crippen LogP contribution < -0.4 is 15.4 Å². The number of Topliss-reactive ketones (excluding diaryl/α,β-unsaturated/α-hetero) is 2. The molecular weight excluding hydrogens is 512 g/mol. The van der Waals surface area contributed by atoms with Crippen LogP contribution in [0.3, 0.4) is 0 Å². The number of nitrogens with one attached hydrogen (secondary N) is 3. The summed E-state index contributed by atoms with van der Waals surface area (Å²) in [6.45, 7) is 0.454. The molecule has 3 aliphatic carbocycles. The molecular formula is C30H36N4O6. The van der Waals surface area contributed by atoms with Gasteiger partial charge in [0.05, 0.1) is 13.2 Å². The Bertz CT molecular complexity index is 1360. The molecule has 10 nitrogen and oxygen atoms in total. The number of rotatable bonds is 9. The van der Waals surface area contributed by atoms with E-state index in [1.54, 1.807) is 18.1 Å². The Balaban J connectivity index is 1.25. The van der Waals surface area contributed by atoms with Gasteiger partial charge in [-0.1, -0.05) is 12.5 Å². The van der Waals surface area contributed by atoms with E-state index in [1.807, 2.05) is 18.2 Å². The number of carbonyl (C=O) groups is 5. The van der Waals surface area contributed by atoms with Crippen LogP contribution >= 0.6 is 0 Å². The SMILES string of the molecule is COc1cccc2[nH]c(C(=O)N3CC4CCCC4C3C(=O)NC(CC3CCCC3=O)C(=O)C(=O)NC3CC3)cc12. The van der Waals surface area contributed by atoms with Crippen molar-refractivity contribution in [1.82, 2.24) is 20.5 Å². The van der Waals surface area contributed by atoms with Crippen LogP contribution in [0.2, 0.25) is 0 Å². The number of ketones is 2. The molecule has 4 fully saturated rings. The topological polar surface area (TPSA) is 138 Å². The first-order chi connectivity index (χ1) is 19.3. The summed E-state index contributed by atoms with van der Waals surface area (Å²) in [7, 11) is 1.58. The first-order valence-electron chi connectivity index (χ1n) is 14.5. The van der Waals surface area contributed by atoms with Crippen molar-refractivity contribution >= 4 is 40.2 Å². The number of aromatic nitrogens is 1. The molecule has 10 heteroatoms. The Morgan fingerprint density at radius 3 is 2.65 bits per heavy atom. The van der Waals surface area contributed by atoms with Crippen LogP contribution in [0.5, 0.6) is 5.75 Å². The Morgan fingerprint density at radius 1 is 1.10 bits per heavy atom. The van der Waals surface area contributed by atoms with Gasteiger partial charge in [-0.25, -0.2) is 0 Å². The van der Waals surface area contributed by atoms with E-state index < -0.39 is 29.7 Å². The van der Waals surface area contributed by atoms with Crippen molar-refractivity contribution in [3.05, 3.63) is 30.0 Å². The van der Waals surface area contributed by atoms with Crippen molar-refractivity contribution in [1.29, 1.82) is 0 Å². The summed E-state index contributed by atoms with van der Waals surface area (Å²) in [6.07, 6.45) is 6.35. The number of methoxy groups -OCH3 is 1. The van der Waals surface area contributed by atoms with E-state index in [1.165, 1.54) is 0 Å². The quantitative estimate of drug-likeness (QED) is 0.412. The summed E-state index contributed by atoms with van der Waals surface area (Å²) >= 11 is 0. The van der Waals surface area contributed by atoms with Crippen LogP contribution in [0.15, 0.2) is 24.3 Å². The first-order valence-corrected chi connectivity index (χ1v) is 14.5. The molecule has 3 amide bonds. The van der Waals surface area contributed by atoms with Gasteiger partial charge in [0.2, 0.25) is 11.7 Å². The fourth-order valence-corrected chi connectivity index (χ4v) is 6.98. The number of hydrogen-bond donors (Lipinski definition) is 3. The van der Waals surface area contributed by atoms with Gasteiger partial charge in [-0.15, -0.1) is 0 Å². The molecule has 0 radical (unpaired) electrons. The lowest BCUT2D eigenvalue weighted by Crippen LogP contribution is -2.55. The van der Waals surface area contributed by atoms with E-state index in [0.717, 1.165) is 49.4 Å². The third kappa shape index (κ3) is 4.99. The zero-order valence-corrected chi connectivity index (χ0v) is 22.7. The van der Waals surface area contributed by atoms with Crippen molar-refractivity contribution in [2.24, 2.45) is 17.8 Å². The second-order valence-electron chi connectivity index (χ2n) is 11.8. The molecule has 3 saturated carbocycles. The summed E-state index contributed by atoms with van der Waals surface area (Å²) in [5.41, 5.74) is 1.13. The van der Waals surface area contributed by atoms with Crippen LogP contribution in [-0.2, 0) is 19.2 Å². The average Bonchev–Trinajstić information content (AvgIpc) is 3.30. The Labute approximate surface area is 232 Å². The molecule has 4 aliphatic rings. The minimum absolute atomic E-state index is 0.00182. The van der Waals surface area contributed by atoms with Gasteiger partial charge in [-0.3, -0.25) is 24.0 Å². The number of likely N-dealkylation sites (tertiary alicyclic amines) is 1. The van der Waals surface area contributed by atoms with E-state index in [2.05, 4.69) is 15.6 Å². The molecule has 212 valence electrons. The molecule has 0 bridgehead atoms. The average molecular weight is 549 g/mol. The van der Waals surface area contributed by atoms with Gasteiger partial charge in [-0.2, -0.15) is 0 Å². The molecule has 2 aromatic rings. The molecule has 5 unspecified atom stereocenters. The Morgan fingerprint density at radius 2 is 1.93 bits per heavy atom. The van der Waals surface area contributed by atoms with Gasteiger partial charge >= 0.3 is 0 Å².